The van der Waals surface area contributed by atoms with Gasteiger partial charge in [0.05, 0.1) is 0 Å². The Morgan fingerprint density at radius 3 is 2.31 bits per heavy atom. The van der Waals surface area contributed by atoms with Crippen LogP contribution in [-0.2, 0) is 6.42 Å². The van der Waals surface area contributed by atoms with Gasteiger partial charge >= 0.3 is 0 Å². The average Bonchev–Trinajstić information content (AvgIpc) is 2.45. The molecule has 1 aliphatic carbocycles. The molecular weight excluding hydrogens is 220 g/mol. The maximum absolute atomic E-state index is 6.22. The summed E-state index contributed by atoms with van der Waals surface area (Å²) < 4.78 is 6.22. The van der Waals surface area contributed by atoms with Gasteiger partial charge in [0.1, 0.15) is 11.4 Å². The van der Waals surface area contributed by atoms with Crippen molar-refractivity contribution < 1.29 is 4.74 Å². The van der Waals surface area contributed by atoms with Crippen LogP contribution in [0.2, 0.25) is 0 Å². The quantitative estimate of drug-likeness (QED) is 0.660. The minimum absolute atomic E-state index is 0. The van der Waals surface area contributed by atoms with Crippen molar-refractivity contribution in [2.75, 3.05) is 0 Å². The Labute approximate surface area is 104 Å². The van der Waals surface area contributed by atoms with Gasteiger partial charge < -0.3 is 4.74 Å². The van der Waals surface area contributed by atoms with E-state index in [4.69, 9.17) is 4.74 Å². The first kappa shape index (κ1) is 11.8. The fourth-order valence-electron chi connectivity index (χ4n) is 3.02. The molecule has 1 fully saturated rings. The van der Waals surface area contributed by atoms with E-state index < -0.39 is 0 Å². The van der Waals surface area contributed by atoms with Crippen molar-refractivity contribution in [3.05, 3.63) is 29.8 Å². The minimum Gasteiger partial charge on any atom is -0.487 e. The second-order valence-electron chi connectivity index (χ2n) is 4.98. The van der Waals surface area contributed by atoms with Crippen LogP contribution in [-0.4, -0.2) is 5.60 Å². The molecule has 1 aromatic carbocycles. The summed E-state index contributed by atoms with van der Waals surface area (Å²) in [6.45, 7) is 0. The fourth-order valence-corrected chi connectivity index (χ4v) is 3.02. The first-order valence-corrected chi connectivity index (χ1v) is 6.15. The van der Waals surface area contributed by atoms with Crippen molar-refractivity contribution >= 4 is 12.4 Å². The van der Waals surface area contributed by atoms with Gasteiger partial charge in [0.2, 0.25) is 0 Å². The lowest BCUT2D eigenvalue weighted by atomic mass is 9.89. The molecule has 1 aliphatic heterocycles. The molecule has 0 aromatic heterocycles. The molecule has 0 radical (unpaired) electrons. The number of rotatable bonds is 0. The molecule has 0 N–H and O–H groups in total. The van der Waals surface area contributed by atoms with Gasteiger partial charge in [0.15, 0.2) is 0 Å². The lowest BCUT2D eigenvalue weighted by Gasteiger charge is -2.27. The summed E-state index contributed by atoms with van der Waals surface area (Å²) >= 11 is 0. The summed E-state index contributed by atoms with van der Waals surface area (Å²) in [7, 11) is 0. The summed E-state index contributed by atoms with van der Waals surface area (Å²) in [6, 6.07) is 8.54. The second-order valence-corrected chi connectivity index (χ2v) is 4.98. The third-order valence-corrected chi connectivity index (χ3v) is 3.83. The SMILES string of the molecule is Cl.c1ccc2c(c1)CC1(CCCCCC1)O2. The summed E-state index contributed by atoms with van der Waals surface area (Å²) in [5.74, 6) is 1.14. The predicted molar refractivity (Wildman–Crippen MR) is 68.5 cm³/mol. The van der Waals surface area contributed by atoms with E-state index in [0.29, 0.717) is 0 Å². The molecule has 16 heavy (non-hydrogen) atoms. The molecule has 2 aliphatic rings. The first-order chi connectivity index (χ1) is 7.38. The van der Waals surface area contributed by atoms with Crippen LogP contribution >= 0.6 is 12.4 Å². The topological polar surface area (TPSA) is 9.23 Å². The minimum atomic E-state index is 0. The predicted octanol–water partition coefficient (Wildman–Crippen LogP) is 4.14. The Balaban J connectivity index is 0.000000963. The van der Waals surface area contributed by atoms with E-state index in [1.54, 1.807) is 0 Å². The summed E-state index contributed by atoms with van der Waals surface area (Å²) in [6.07, 6.45) is 9.11. The molecule has 0 unspecified atom stereocenters. The Hall–Kier alpha value is -0.690. The van der Waals surface area contributed by atoms with E-state index in [-0.39, 0.29) is 18.0 Å². The number of hydrogen-bond acceptors (Lipinski definition) is 1. The Morgan fingerprint density at radius 2 is 1.62 bits per heavy atom. The maximum atomic E-state index is 6.22. The molecule has 1 heterocycles. The molecule has 0 saturated heterocycles. The number of halogens is 1. The average molecular weight is 239 g/mol. The van der Waals surface area contributed by atoms with Gasteiger partial charge in [-0.05, 0) is 37.3 Å². The number of fused-ring (bicyclic) bond motifs is 1. The number of benzene rings is 1. The molecule has 1 saturated carbocycles. The van der Waals surface area contributed by atoms with Crippen LogP contribution in [0.3, 0.4) is 0 Å². The van der Waals surface area contributed by atoms with Crippen LogP contribution in [0.5, 0.6) is 5.75 Å². The van der Waals surface area contributed by atoms with Crippen LogP contribution in [0.25, 0.3) is 0 Å². The van der Waals surface area contributed by atoms with Crippen LogP contribution in [0.4, 0.5) is 0 Å². The van der Waals surface area contributed by atoms with Crippen molar-refractivity contribution in [1.82, 2.24) is 0 Å². The zero-order chi connectivity index (χ0) is 10.1. The standard InChI is InChI=1S/C14H18O.ClH/c1-2-6-10-14(9-5-1)11-12-7-3-4-8-13(12)15-14;/h3-4,7-8H,1-2,5-6,9-11H2;1H. The van der Waals surface area contributed by atoms with Gasteiger partial charge in [-0.25, -0.2) is 0 Å². The molecule has 2 heteroatoms. The number of ether oxygens (including phenoxy) is 1. The molecule has 0 amide bonds. The Kier molecular flexibility index (Phi) is 3.44. The third kappa shape index (κ3) is 2.06. The van der Waals surface area contributed by atoms with Crippen molar-refractivity contribution in [2.24, 2.45) is 0 Å². The van der Waals surface area contributed by atoms with Gasteiger partial charge in [-0.1, -0.05) is 31.0 Å². The zero-order valence-electron chi connectivity index (χ0n) is 9.58. The van der Waals surface area contributed by atoms with Crippen molar-refractivity contribution in [3.8, 4) is 5.75 Å². The van der Waals surface area contributed by atoms with Crippen LogP contribution in [0.15, 0.2) is 24.3 Å². The lowest BCUT2D eigenvalue weighted by molar-refractivity contribution is 0.0773. The smallest absolute Gasteiger partial charge is 0.123 e. The zero-order valence-corrected chi connectivity index (χ0v) is 10.4. The van der Waals surface area contributed by atoms with E-state index in [1.165, 1.54) is 44.1 Å². The van der Waals surface area contributed by atoms with Gasteiger partial charge in [0.25, 0.3) is 0 Å². The van der Waals surface area contributed by atoms with E-state index in [9.17, 15) is 0 Å². The highest BCUT2D eigenvalue weighted by Crippen LogP contribution is 2.42. The van der Waals surface area contributed by atoms with Crippen molar-refractivity contribution in [1.29, 1.82) is 0 Å². The summed E-state index contributed by atoms with van der Waals surface area (Å²) in [5, 5.41) is 0. The van der Waals surface area contributed by atoms with Gasteiger partial charge in [-0.3, -0.25) is 0 Å². The van der Waals surface area contributed by atoms with Crippen molar-refractivity contribution in [2.45, 2.75) is 50.5 Å². The molecule has 1 aromatic rings. The number of para-hydroxylation sites is 1. The molecule has 88 valence electrons. The molecular formula is C14H19ClO. The van der Waals surface area contributed by atoms with Gasteiger partial charge in [-0.2, -0.15) is 0 Å². The highest BCUT2D eigenvalue weighted by Gasteiger charge is 2.38. The molecule has 1 spiro atoms. The molecule has 0 bridgehead atoms. The van der Waals surface area contributed by atoms with Crippen LogP contribution in [0.1, 0.15) is 44.1 Å². The van der Waals surface area contributed by atoms with Gasteiger partial charge in [-0.15, -0.1) is 12.4 Å². The maximum Gasteiger partial charge on any atom is 0.123 e. The highest BCUT2D eigenvalue weighted by atomic mass is 35.5. The highest BCUT2D eigenvalue weighted by molar-refractivity contribution is 5.85. The third-order valence-electron chi connectivity index (χ3n) is 3.83. The largest absolute Gasteiger partial charge is 0.487 e. The summed E-state index contributed by atoms with van der Waals surface area (Å²) in [4.78, 5) is 0. The van der Waals surface area contributed by atoms with Crippen LogP contribution in [0, 0.1) is 0 Å². The van der Waals surface area contributed by atoms with Gasteiger partial charge in [0, 0.05) is 6.42 Å². The van der Waals surface area contributed by atoms with E-state index in [2.05, 4.69) is 24.3 Å². The van der Waals surface area contributed by atoms with E-state index >= 15 is 0 Å². The first-order valence-electron chi connectivity index (χ1n) is 6.15. The second kappa shape index (κ2) is 4.67. The number of hydrogen-bond donors (Lipinski definition) is 0. The van der Waals surface area contributed by atoms with Crippen LogP contribution < -0.4 is 4.74 Å². The van der Waals surface area contributed by atoms with Crippen molar-refractivity contribution in [3.63, 3.8) is 0 Å². The van der Waals surface area contributed by atoms with E-state index in [0.717, 1.165) is 12.2 Å². The lowest BCUT2D eigenvalue weighted by Crippen LogP contribution is -2.33. The Bertz CT molecular complexity index is 327. The summed E-state index contributed by atoms with van der Waals surface area (Å²) in [5.41, 5.74) is 1.58. The fraction of sp³-hybridized carbons (Fsp3) is 0.571. The van der Waals surface area contributed by atoms with E-state index in [1.807, 2.05) is 0 Å². The molecule has 0 atom stereocenters. The monoisotopic (exact) mass is 238 g/mol. The normalized spacial score (nSPS) is 21.8. The molecule has 3 rings (SSSR count). The molecule has 1 nitrogen and oxygen atoms in total. The Morgan fingerprint density at radius 1 is 0.938 bits per heavy atom.